The standard InChI is InChI=1S/C16H10ClNO2/c17-14-4-2-1-3-13(14)12(9-18)7-11-5-6-15-16(8-11)20-10-19-15/h1-8H,10H2. The Morgan fingerprint density at radius 2 is 1.95 bits per heavy atom. The van der Waals surface area contributed by atoms with Crippen molar-refractivity contribution < 1.29 is 9.47 Å². The summed E-state index contributed by atoms with van der Waals surface area (Å²) in [4.78, 5) is 0. The lowest BCUT2D eigenvalue weighted by Crippen LogP contribution is -1.92. The molecule has 0 aliphatic carbocycles. The smallest absolute Gasteiger partial charge is 0.231 e. The highest BCUT2D eigenvalue weighted by Gasteiger charge is 2.13. The van der Waals surface area contributed by atoms with Gasteiger partial charge in [0.2, 0.25) is 6.79 Å². The van der Waals surface area contributed by atoms with Gasteiger partial charge in [0, 0.05) is 10.6 Å². The zero-order valence-corrected chi connectivity index (χ0v) is 11.2. The van der Waals surface area contributed by atoms with Crippen LogP contribution in [0.5, 0.6) is 11.5 Å². The number of hydrogen-bond acceptors (Lipinski definition) is 3. The van der Waals surface area contributed by atoms with Gasteiger partial charge in [0.25, 0.3) is 0 Å². The van der Waals surface area contributed by atoms with E-state index in [9.17, 15) is 5.26 Å². The third kappa shape index (κ3) is 2.34. The predicted molar refractivity (Wildman–Crippen MR) is 77.5 cm³/mol. The molecule has 4 heteroatoms. The Kier molecular flexibility index (Phi) is 3.32. The summed E-state index contributed by atoms with van der Waals surface area (Å²) in [5.74, 6) is 1.41. The van der Waals surface area contributed by atoms with Crippen molar-refractivity contribution in [1.29, 1.82) is 5.26 Å². The quantitative estimate of drug-likeness (QED) is 0.615. The van der Waals surface area contributed by atoms with Gasteiger partial charge >= 0.3 is 0 Å². The monoisotopic (exact) mass is 283 g/mol. The molecule has 0 spiro atoms. The SMILES string of the molecule is N#CC(=Cc1ccc2c(c1)OCO2)c1ccccc1Cl. The molecule has 2 aromatic rings. The zero-order chi connectivity index (χ0) is 13.9. The lowest BCUT2D eigenvalue weighted by atomic mass is 10.0. The van der Waals surface area contributed by atoms with Crippen LogP contribution in [0.1, 0.15) is 11.1 Å². The van der Waals surface area contributed by atoms with Crippen molar-refractivity contribution in [3.05, 3.63) is 58.6 Å². The Bertz CT molecular complexity index is 731. The number of ether oxygens (including phenoxy) is 2. The van der Waals surface area contributed by atoms with Gasteiger partial charge < -0.3 is 9.47 Å². The number of nitriles is 1. The number of hydrogen-bond donors (Lipinski definition) is 0. The van der Waals surface area contributed by atoms with Crippen molar-refractivity contribution in [3.63, 3.8) is 0 Å². The lowest BCUT2D eigenvalue weighted by Gasteiger charge is -2.03. The van der Waals surface area contributed by atoms with E-state index in [-0.39, 0.29) is 6.79 Å². The Labute approximate surface area is 121 Å². The Morgan fingerprint density at radius 1 is 1.15 bits per heavy atom. The summed E-state index contributed by atoms with van der Waals surface area (Å²) in [6.45, 7) is 0.234. The number of fused-ring (bicyclic) bond motifs is 1. The van der Waals surface area contributed by atoms with Crippen molar-refractivity contribution in [3.8, 4) is 17.6 Å². The maximum Gasteiger partial charge on any atom is 0.231 e. The van der Waals surface area contributed by atoms with E-state index < -0.39 is 0 Å². The molecule has 3 nitrogen and oxygen atoms in total. The van der Waals surface area contributed by atoms with E-state index in [1.807, 2.05) is 36.4 Å². The van der Waals surface area contributed by atoms with Crippen LogP contribution in [0, 0.1) is 11.3 Å². The lowest BCUT2D eigenvalue weighted by molar-refractivity contribution is 0.174. The molecule has 2 aromatic carbocycles. The second-order valence-electron chi connectivity index (χ2n) is 4.26. The molecular formula is C16H10ClNO2. The zero-order valence-electron chi connectivity index (χ0n) is 10.5. The molecule has 0 aromatic heterocycles. The van der Waals surface area contributed by atoms with E-state index in [2.05, 4.69) is 6.07 Å². The van der Waals surface area contributed by atoms with Crippen molar-refractivity contribution in [1.82, 2.24) is 0 Å². The van der Waals surface area contributed by atoms with Crippen LogP contribution in [0.2, 0.25) is 5.02 Å². The minimum atomic E-state index is 0.234. The molecule has 0 fully saturated rings. The largest absolute Gasteiger partial charge is 0.454 e. The summed E-state index contributed by atoms with van der Waals surface area (Å²) in [5, 5.41) is 9.88. The molecule has 0 N–H and O–H groups in total. The van der Waals surface area contributed by atoms with Gasteiger partial charge in [0.05, 0.1) is 11.6 Å². The minimum absolute atomic E-state index is 0.234. The first kappa shape index (κ1) is 12.6. The topological polar surface area (TPSA) is 42.2 Å². The van der Waals surface area contributed by atoms with Gasteiger partial charge in [0.15, 0.2) is 11.5 Å². The van der Waals surface area contributed by atoms with Crippen LogP contribution in [0.4, 0.5) is 0 Å². The van der Waals surface area contributed by atoms with Crippen molar-refractivity contribution in [2.24, 2.45) is 0 Å². The average Bonchev–Trinajstić information content (AvgIpc) is 2.93. The molecule has 0 saturated carbocycles. The molecular weight excluding hydrogens is 274 g/mol. The maximum absolute atomic E-state index is 9.33. The highest BCUT2D eigenvalue weighted by molar-refractivity contribution is 6.32. The number of halogens is 1. The third-order valence-corrected chi connectivity index (χ3v) is 3.32. The predicted octanol–water partition coefficient (Wildman–Crippen LogP) is 4.13. The summed E-state index contributed by atoms with van der Waals surface area (Å²) in [7, 11) is 0. The second-order valence-corrected chi connectivity index (χ2v) is 4.67. The first-order valence-corrected chi connectivity index (χ1v) is 6.42. The van der Waals surface area contributed by atoms with Crippen molar-refractivity contribution in [2.75, 3.05) is 6.79 Å². The molecule has 20 heavy (non-hydrogen) atoms. The maximum atomic E-state index is 9.33. The van der Waals surface area contributed by atoms with Gasteiger partial charge in [-0.25, -0.2) is 0 Å². The summed E-state index contributed by atoms with van der Waals surface area (Å²) in [6, 6.07) is 15.0. The highest BCUT2D eigenvalue weighted by Crippen LogP contribution is 2.34. The van der Waals surface area contributed by atoms with Crippen molar-refractivity contribution in [2.45, 2.75) is 0 Å². The fraction of sp³-hybridized carbons (Fsp3) is 0.0625. The molecule has 0 amide bonds. The summed E-state index contributed by atoms with van der Waals surface area (Å²) >= 11 is 6.12. The molecule has 0 radical (unpaired) electrons. The van der Waals surface area contributed by atoms with E-state index in [4.69, 9.17) is 21.1 Å². The highest BCUT2D eigenvalue weighted by atomic mass is 35.5. The van der Waals surface area contributed by atoms with Crippen LogP contribution < -0.4 is 9.47 Å². The van der Waals surface area contributed by atoms with Crippen LogP contribution in [0.3, 0.4) is 0 Å². The first-order chi connectivity index (χ1) is 9.78. The molecule has 1 heterocycles. The van der Waals surface area contributed by atoms with Crippen LogP contribution in [0.15, 0.2) is 42.5 Å². The van der Waals surface area contributed by atoms with E-state index in [0.717, 1.165) is 11.3 Å². The van der Waals surface area contributed by atoms with E-state index in [0.29, 0.717) is 21.9 Å². The molecule has 1 aliphatic heterocycles. The van der Waals surface area contributed by atoms with Gasteiger partial charge in [-0.05, 0) is 29.8 Å². The van der Waals surface area contributed by atoms with Crippen LogP contribution in [-0.4, -0.2) is 6.79 Å². The Balaban J connectivity index is 2.02. The molecule has 0 saturated heterocycles. The van der Waals surface area contributed by atoms with Gasteiger partial charge in [-0.1, -0.05) is 35.9 Å². The third-order valence-electron chi connectivity index (χ3n) is 2.99. The molecule has 3 rings (SSSR count). The van der Waals surface area contributed by atoms with Gasteiger partial charge in [-0.15, -0.1) is 0 Å². The van der Waals surface area contributed by atoms with Gasteiger partial charge in [-0.3, -0.25) is 0 Å². The minimum Gasteiger partial charge on any atom is -0.454 e. The Morgan fingerprint density at radius 3 is 2.75 bits per heavy atom. The number of benzene rings is 2. The number of rotatable bonds is 2. The molecule has 1 aliphatic rings. The van der Waals surface area contributed by atoms with E-state index in [1.54, 1.807) is 12.1 Å². The fourth-order valence-corrected chi connectivity index (χ4v) is 2.26. The van der Waals surface area contributed by atoms with Gasteiger partial charge in [0.1, 0.15) is 0 Å². The molecule has 0 atom stereocenters. The Hall–Kier alpha value is -2.44. The van der Waals surface area contributed by atoms with Crippen molar-refractivity contribution >= 4 is 23.3 Å². The molecule has 0 bridgehead atoms. The first-order valence-electron chi connectivity index (χ1n) is 6.04. The average molecular weight is 284 g/mol. The fourth-order valence-electron chi connectivity index (χ4n) is 2.02. The van der Waals surface area contributed by atoms with E-state index >= 15 is 0 Å². The number of allylic oxidation sites excluding steroid dienone is 1. The summed E-state index contributed by atoms with van der Waals surface area (Å²) < 4.78 is 10.6. The van der Waals surface area contributed by atoms with Crippen LogP contribution >= 0.6 is 11.6 Å². The van der Waals surface area contributed by atoms with E-state index in [1.165, 1.54) is 0 Å². The molecule has 98 valence electrons. The normalized spacial score (nSPS) is 13.1. The van der Waals surface area contributed by atoms with Crippen LogP contribution in [-0.2, 0) is 0 Å². The van der Waals surface area contributed by atoms with Gasteiger partial charge in [-0.2, -0.15) is 5.26 Å². The second kappa shape index (κ2) is 5.28. The number of nitrogens with zero attached hydrogens (tertiary/aromatic N) is 1. The molecule has 0 unspecified atom stereocenters. The summed E-state index contributed by atoms with van der Waals surface area (Å²) in [5.41, 5.74) is 2.09. The summed E-state index contributed by atoms with van der Waals surface area (Å²) in [6.07, 6.45) is 1.78. The van der Waals surface area contributed by atoms with Crippen LogP contribution in [0.25, 0.3) is 11.6 Å².